The maximum absolute atomic E-state index is 11.3. The van der Waals surface area contributed by atoms with Gasteiger partial charge in [0.25, 0.3) is 0 Å². The summed E-state index contributed by atoms with van der Waals surface area (Å²) in [5.74, 6) is -0.493. The van der Waals surface area contributed by atoms with Gasteiger partial charge in [0.1, 0.15) is 13.2 Å². The van der Waals surface area contributed by atoms with Gasteiger partial charge in [-0.25, -0.2) is 4.79 Å². The third kappa shape index (κ3) is 4.37. The Labute approximate surface area is 83.2 Å². The van der Waals surface area contributed by atoms with Crippen LogP contribution >= 0.6 is 0 Å². The van der Waals surface area contributed by atoms with Crippen LogP contribution in [0.15, 0.2) is 0 Å². The van der Waals surface area contributed by atoms with Gasteiger partial charge in [-0.05, 0) is 5.92 Å². The number of carbonyl (C=O) groups is 2. The van der Waals surface area contributed by atoms with Crippen molar-refractivity contribution in [1.82, 2.24) is 0 Å². The molecule has 1 aliphatic carbocycles. The van der Waals surface area contributed by atoms with E-state index in [-0.39, 0.29) is 19.0 Å². The Morgan fingerprint density at radius 1 is 1.21 bits per heavy atom. The number of hydrogen-bond acceptors (Lipinski definition) is 3. The minimum Gasteiger partial charge on any atom is -0.480 e. The second kappa shape index (κ2) is 5.75. The first kappa shape index (κ1) is 11.2. The summed E-state index contributed by atoms with van der Waals surface area (Å²) in [4.78, 5) is 21.4. The van der Waals surface area contributed by atoms with E-state index in [9.17, 15) is 9.59 Å². The van der Waals surface area contributed by atoms with E-state index in [1.807, 2.05) is 0 Å². The molecule has 0 aromatic carbocycles. The van der Waals surface area contributed by atoms with Gasteiger partial charge in [-0.1, -0.05) is 25.7 Å². The minimum absolute atomic E-state index is 0.0261. The van der Waals surface area contributed by atoms with E-state index in [1.165, 1.54) is 12.8 Å². The van der Waals surface area contributed by atoms with Crippen LogP contribution in [0.1, 0.15) is 32.1 Å². The average molecular weight is 200 g/mol. The number of rotatable bonds is 6. The summed E-state index contributed by atoms with van der Waals surface area (Å²) in [6.07, 6.45) is 5.25. The van der Waals surface area contributed by atoms with Crippen molar-refractivity contribution in [2.45, 2.75) is 32.1 Å². The van der Waals surface area contributed by atoms with Gasteiger partial charge in [-0.3, -0.25) is 4.79 Å². The summed E-state index contributed by atoms with van der Waals surface area (Å²) < 4.78 is 4.72. The predicted molar refractivity (Wildman–Crippen MR) is 50.0 cm³/mol. The molecular formula is C10H16O4. The summed E-state index contributed by atoms with van der Waals surface area (Å²) in [7, 11) is 0. The number of ether oxygens (including phenoxy) is 1. The fraction of sp³-hybridized carbons (Fsp3) is 0.800. The fourth-order valence-corrected chi connectivity index (χ4v) is 1.85. The zero-order valence-electron chi connectivity index (χ0n) is 8.20. The molecule has 4 heteroatoms. The number of carboxylic acids is 1. The highest BCUT2D eigenvalue weighted by atomic mass is 16.5. The lowest BCUT2D eigenvalue weighted by Crippen LogP contribution is -2.16. The zero-order valence-corrected chi connectivity index (χ0v) is 8.20. The molecule has 0 aromatic heterocycles. The van der Waals surface area contributed by atoms with Crippen LogP contribution in [0.2, 0.25) is 0 Å². The van der Waals surface area contributed by atoms with Crippen molar-refractivity contribution in [3.8, 4) is 0 Å². The molecular weight excluding hydrogens is 184 g/mol. The normalized spacial score (nSPS) is 17.1. The number of hydrogen-bond donors (Lipinski definition) is 1. The van der Waals surface area contributed by atoms with Gasteiger partial charge in [0.2, 0.25) is 0 Å². The van der Waals surface area contributed by atoms with Crippen molar-refractivity contribution in [2.75, 3.05) is 13.2 Å². The zero-order chi connectivity index (χ0) is 10.4. The van der Waals surface area contributed by atoms with Gasteiger partial charge in [-0.2, -0.15) is 0 Å². The molecule has 1 N–H and O–H groups in total. The molecule has 80 valence electrons. The maximum Gasteiger partial charge on any atom is 0.329 e. The quantitative estimate of drug-likeness (QED) is 0.700. The average Bonchev–Trinajstić information content (AvgIpc) is 2.56. The Balaban J connectivity index is 2.06. The summed E-state index contributed by atoms with van der Waals surface area (Å²) in [5.41, 5.74) is 0. The monoisotopic (exact) mass is 200 g/mol. The van der Waals surface area contributed by atoms with Gasteiger partial charge in [0.05, 0.1) is 0 Å². The maximum atomic E-state index is 11.3. The lowest BCUT2D eigenvalue weighted by atomic mass is 10.0. The Hall–Kier alpha value is -0.900. The van der Waals surface area contributed by atoms with E-state index >= 15 is 0 Å². The molecule has 1 rings (SSSR count). The Bertz CT molecular complexity index is 206. The van der Waals surface area contributed by atoms with Crippen LogP contribution in [0.25, 0.3) is 0 Å². The third-order valence-electron chi connectivity index (χ3n) is 2.48. The highest BCUT2D eigenvalue weighted by molar-refractivity contribution is 5.80. The number of ketones is 1. The SMILES string of the molecule is O=C(O)COCC(=O)CC1CCCC1. The third-order valence-corrected chi connectivity index (χ3v) is 2.48. The van der Waals surface area contributed by atoms with E-state index < -0.39 is 5.97 Å². The van der Waals surface area contributed by atoms with Crippen molar-refractivity contribution in [3.63, 3.8) is 0 Å². The molecule has 0 bridgehead atoms. The summed E-state index contributed by atoms with van der Waals surface area (Å²) in [6.45, 7) is -0.431. The first-order chi connectivity index (χ1) is 6.68. The Morgan fingerprint density at radius 2 is 1.86 bits per heavy atom. The first-order valence-electron chi connectivity index (χ1n) is 4.99. The summed E-state index contributed by atoms with van der Waals surface area (Å²) in [5, 5.41) is 8.27. The van der Waals surface area contributed by atoms with Gasteiger partial charge in [0, 0.05) is 6.42 Å². The van der Waals surface area contributed by atoms with E-state index in [0.29, 0.717) is 12.3 Å². The number of carboxylic acid groups (broad SMARTS) is 1. The molecule has 0 unspecified atom stereocenters. The summed E-state index contributed by atoms with van der Waals surface area (Å²) >= 11 is 0. The topological polar surface area (TPSA) is 63.6 Å². The molecule has 1 fully saturated rings. The van der Waals surface area contributed by atoms with E-state index in [4.69, 9.17) is 9.84 Å². The molecule has 0 aliphatic heterocycles. The molecule has 0 spiro atoms. The van der Waals surface area contributed by atoms with Gasteiger partial charge in [0.15, 0.2) is 5.78 Å². The molecule has 14 heavy (non-hydrogen) atoms. The van der Waals surface area contributed by atoms with Crippen LogP contribution in [-0.2, 0) is 14.3 Å². The number of carbonyl (C=O) groups excluding carboxylic acids is 1. The second-order valence-electron chi connectivity index (χ2n) is 3.78. The highest BCUT2D eigenvalue weighted by Crippen LogP contribution is 2.27. The van der Waals surface area contributed by atoms with Crippen LogP contribution in [0, 0.1) is 5.92 Å². The highest BCUT2D eigenvalue weighted by Gasteiger charge is 2.18. The van der Waals surface area contributed by atoms with Crippen molar-refractivity contribution in [2.24, 2.45) is 5.92 Å². The lowest BCUT2D eigenvalue weighted by molar-refractivity contribution is -0.143. The van der Waals surface area contributed by atoms with E-state index in [0.717, 1.165) is 12.8 Å². The Kier molecular flexibility index (Phi) is 4.59. The molecule has 0 heterocycles. The molecule has 4 nitrogen and oxygen atoms in total. The Morgan fingerprint density at radius 3 is 2.43 bits per heavy atom. The van der Waals surface area contributed by atoms with Crippen LogP contribution in [-0.4, -0.2) is 30.1 Å². The van der Waals surface area contributed by atoms with Gasteiger partial charge < -0.3 is 9.84 Å². The van der Waals surface area contributed by atoms with Gasteiger partial charge >= 0.3 is 5.97 Å². The molecule has 0 amide bonds. The van der Waals surface area contributed by atoms with E-state index in [1.54, 1.807) is 0 Å². The van der Waals surface area contributed by atoms with Crippen molar-refractivity contribution < 1.29 is 19.4 Å². The summed E-state index contributed by atoms with van der Waals surface area (Å²) in [6, 6.07) is 0. The number of aliphatic carboxylic acids is 1. The molecule has 1 aliphatic rings. The first-order valence-corrected chi connectivity index (χ1v) is 4.99. The van der Waals surface area contributed by atoms with Gasteiger partial charge in [-0.15, -0.1) is 0 Å². The van der Waals surface area contributed by atoms with Crippen LogP contribution in [0.3, 0.4) is 0 Å². The largest absolute Gasteiger partial charge is 0.480 e. The predicted octanol–water partition coefficient (Wildman–Crippen LogP) is 1.24. The van der Waals surface area contributed by atoms with Crippen molar-refractivity contribution in [3.05, 3.63) is 0 Å². The molecule has 1 saturated carbocycles. The molecule has 0 aromatic rings. The molecule has 0 saturated heterocycles. The fourth-order valence-electron chi connectivity index (χ4n) is 1.85. The number of Topliss-reactive ketones (excluding diaryl/α,β-unsaturated/α-hetero) is 1. The lowest BCUT2D eigenvalue weighted by Gasteiger charge is -2.06. The van der Waals surface area contributed by atoms with Crippen LogP contribution in [0.5, 0.6) is 0 Å². The minimum atomic E-state index is -1.03. The van der Waals surface area contributed by atoms with Crippen molar-refractivity contribution >= 4 is 11.8 Å². The molecule has 0 atom stereocenters. The van der Waals surface area contributed by atoms with Crippen LogP contribution < -0.4 is 0 Å². The molecule has 0 radical (unpaired) electrons. The van der Waals surface area contributed by atoms with E-state index in [2.05, 4.69) is 0 Å². The van der Waals surface area contributed by atoms with Crippen LogP contribution in [0.4, 0.5) is 0 Å². The smallest absolute Gasteiger partial charge is 0.329 e. The standard InChI is InChI=1S/C10H16O4/c11-9(6-14-7-10(12)13)5-8-3-1-2-4-8/h8H,1-7H2,(H,12,13). The van der Waals surface area contributed by atoms with Crippen molar-refractivity contribution in [1.29, 1.82) is 0 Å². The second-order valence-corrected chi connectivity index (χ2v) is 3.78.